The van der Waals surface area contributed by atoms with E-state index in [1.807, 2.05) is 0 Å². The molecule has 0 aromatic heterocycles. The van der Waals surface area contributed by atoms with Gasteiger partial charge in [0.25, 0.3) is 0 Å². The van der Waals surface area contributed by atoms with Gasteiger partial charge in [-0.2, -0.15) is 0 Å². The summed E-state index contributed by atoms with van der Waals surface area (Å²) in [4.78, 5) is 38.4. The number of rotatable bonds is 65. The Kier molecular flexibility index (Phi) is 66.6. The fourth-order valence-electron chi connectivity index (χ4n) is 10.4. The van der Waals surface area contributed by atoms with E-state index in [9.17, 15) is 14.4 Å². The minimum atomic E-state index is -0.780. The van der Waals surface area contributed by atoms with Gasteiger partial charge in [0.2, 0.25) is 0 Å². The van der Waals surface area contributed by atoms with Crippen molar-refractivity contribution in [3.63, 3.8) is 0 Å². The lowest BCUT2D eigenvalue weighted by Gasteiger charge is -2.18. The largest absolute Gasteiger partial charge is 0.462 e. The van der Waals surface area contributed by atoms with E-state index < -0.39 is 6.10 Å². The number of allylic oxidation sites excluding steroid dienone is 12. The van der Waals surface area contributed by atoms with Crippen molar-refractivity contribution in [2.45, 2.75) is 374 Å². The highest BCUT2D eigenvalue weighted by molar-refractivity contribution is 5.71. The summed E-state index contributed by atoms with van der Waals surface area (Å²) in [5, 5.41) is 0. The molecule has 0 aromatic carbocycles. The van der Waals surface area contributed by atoms with E-state index in [0.717, 1.165) is 103 Å². The molecule has 0 radical (unpaired) electrons. The van der Waals surface area contributed by atoms with Gasteiger partial charge in [0, 0.05) is 19.3 Å². The Morgan fingerprint density at radius 1 is 0.259 bits per heavy atom. The predicted octanol–water partition coefficient (Wildman–Crippen LogP) is 24.4. The van der Waals surface area contributed by atoms with Crippen LogP contribution in [0.15, 0.2) is 72.9 Å². The zero-order valence-electron chi connectivity index (χ0n) is 54.1. The lowest BCUT2D eigenvalue weighted by molar-refractivity contribution is -0.167. The summed E-state index contributed by atoms with van der Waals surface area (Å²) >= 11 is 0. The molecule has 0 bridgehead atoms. The predicted molar refractivity (Wildman–Crippen MR) is 353 cm³/mol. The molecule has 0 saturated heterocycles. The molecule has 1 atom stereocenters. The highest BCUT2D eigenvalue weighted by Crippen LogP contribution is 2.18. The average Bonchev–Trinajstić information content (AvgIpc) is 3.47. The summed E-state index contributed by atoms with van der Waals surface area (Å²) in [6.45, 7) is 6.56. The van der Waals surface area contributed by atoms with Gasteiger partial charge in [-0.05, 0) is 89.9 Å². The molecule has 470 valence electrons. The molecule has 0 amide bonds. The molecule has 81 heavy (non-hydrogen) atoms. The zero-order valence-corrected chi connectivity index (χ0v) is 54.1. The Morgan fingerprint density at radius 2 is 0.481 bits per heavy atom. The summed E-state index contributed by atoms with van der Waals surface area (Å²) in [6.07, 6.45) is 90.7. The minimum Gasteiger partial charge on any atom is -0.462 e. The SMILES string of the molecule is CC/C=C\C/C=C\C/C=C\C/C=C\CCCCCCCCCCCCCCCCCCC(=O)OCC(COC(=O)CCCCCCC/C=C\C/C=C\CCCCCC)OC(=O)CCCCCCCCCCCCCCCCCCCC. The molecular formula is C75H134O6. The molecule has 0 aliphatic heterocycles. The Morgan fingerprint density at radius 3 is 0.765 bits per heavy atom. The number of esters is 3. The summed E-state index contributed by atoms with van der Waals surface area (Å²) in [5.74, 6) is -0.865. The zero-order chi connectivity index (χ0) is 58.5. The van der Waals surface area contributed by atoms with Crippen LogP contribution in [0.4, 0.5) is 0 Å². The van der Waals surface area contributed by atoms with E-state index in [2.05, 4.69) is 93.7 Å². The van der Waals surface area contributed by atoms with E-state index >= 15 is 0 Å². The molecule has 0 rings (SSSR count). The van der Waals surface area contributed by atoms with E-state index in [1.54, 1.807) is 0 Å². The number of ether oxygens (including phenoxy) is 3. The molecule has 0 fully saturated rings. The van der Waals surface area contributed by atoms with Gasteiger partial charge >= 0.3 is 17.9 Å². The van der Waals surface area contributed by atoms with Gasteiger partial charge in [0.1, 0.15) is 13.2 Å². The van der Waals surface area contributed by atoms with Crippen LogP contribution in [0.5, 0.6) is 0 Å². The monoisotopic (exact) mass is 1130 g/mol. The normalized spacial score (nSPS) is 12.5. The van der Waals surface area contributed by atoms with Gasteiger partial charge in [-0.1, -0.05) is 331 Å². The first-order valence-corrected chi connectivity index (χ1v) is 35.4. The van der Waals surface area contributed by atoms with Crippen LogP contribution in [-0.4, -0.2) is 37.2 Å². The van der Waals surface area contributed by atoms with Crippen molar-refractivity contribution >= 4 is 17.9 Å². The van der Waals surface area contributed by atoms with Gasteiger partial charge in [0.05, 0.1) is 0 Å². The fourth-order valence-corrected chi connectivity index (χ4v) is 10.4. The first kappa shape index (κ1) is 77.9. The van der Waals surface area contributed by atoms with Gasteiger partial charge in [-0.15, -0.1) is 0 Å². The Hall–Kier alpha value is -3.15. The first-order chi connectivity index (χ1) is 40.0. The quantitative estimate of drug-likeness (QED) is 0.0261. The number of hydrogen-bond donors (Lipinski definition) is 0. The van der Waals surface area contributed by atoms with Crippen LogP contribution in [0.25, 0.3) is 0 Å². The fraction of sp³-hybridized carbons (Fsp3) is 0.800. The van der Waals surface area contributed by atoms with Gasteiger partial charge in [-0.25, -0.2) is 0 Å². The third-order valence-electron chi connectivity index (χ3n) is 15.7. The van der Waals surface area contributed by atoms with Crippen molar-refractivity contribution in [1.82, 2.24) is 0 Å². The summed E-state index contributed by atoms with van der Waals surface area (Å²) in [6, 6.07) is 0. The van der Waals surface area contributed by atoms with E-state index in [1.165, 1.54) is 225 Å². The van der Waals surface area contributed by atoms with Gasteiger partial charge < -0.3 is 14.2 Å². The van der Waals surface area contributed by atoms with Crippen LogP contribution in [0.3, 0.4) is 0 Å². The summed E-state index contributed by atoms with van der Waals surface area (Å²) < 4.78 is 17.0. The third-order valence-corrected chi connectivity index (χ3v) is 15.7. The molecule has 0 spiro atoms. The van der Waals surface area contributed by atoms with E-state index in [4.69, 9.17) is 14.2 Å². The topological polar surface area (TPSA) is 78.9 Å². The van der Waals surface area contributed by atoms with Crippen LogP contribution in [0, 0.1) is 0 Å². The summed E-state index contributed by atoms with van der Waals surface area (Å²) in [5.41, 5.74) is 0. The van der Waals surface area contributed by atoms with Crippen LogP contribution in [0.2, 0.25) is 0 Å². The van der Waals surface area contributed by atoms with Gasteiger partial charge in [-0.3, -0.25) is 14.4 Å². The van der Waals surface area contributed by atoms with Crippen molar-refractivity contribution in [2.75, 3.05) is 13.2 Å². The molecule has 6 nitrogen and oxygen atoms in total. The molecule has 0 aliphatic rings. The molecule has 0 aromatic rings. The van der Waals surface area contributed by atoms with Crippen LogP contribution >= 0.6 is 0 Å². The average molecular weight is 1130 g/mol. The van der Waals surface area contributed by atoms with Crippen molar-refractivity contribution in [3.05, 3.63) is 72.9 Å². The van der Waals surface area contributed by atoms with E-state index in [-0.39, 0.29) is 31.1 Å². The first-order valence-electron chi connectivity index (χ1n) is 35.4. The van der Waals surface area contributed by atoms with E-state index in [0.29, 0.717) is 19.3 Å². The number of carbonyl (C=O) groups is 3. The van der Waals surface area contributed by atoms with Gasteiger partial charge in [0.15, 0.2) is 6.10 Å². The number of unbranched alkanes of at least 4 members (excludes halogenated alkanes) is 42. The van der Waals surface area contributed by atoms with Crippen LogP contribution in [-0.2, 0) is 28.6 Å². The van der Waals surface area contributed by atoms with Crippen molar-refractivity contribution in [1.29, 1.82) is 0 Å². The summed E-state index contributed by atoms with van der Waals surface area (Å²) in [7, 11) is 0. The molecule has 0 heterocycles. The molecule has 1 unspecified atom stereocenters. The molecule has 6 heteroatoms. The number of carbonyl (C=O) groups excluding carboxylic acids is 3. The molecule has 0 aliphatic carbocycles. The standard InChI is InChI=1S/C75H134O6/c1-4-7-10-13-16-19-22-25-28-31-33-34-35-36-37-38-39-40-41-42-43-45-47-50-53-56-59-62-65-68-74(77)80-71-72(70-79-73(76)67-64-61-58-55-52-49-46-30-27-24-21-18-15-12-9-6-3)81-75(78)69-66-63-60-57-54-51-48-44-32-29-26-23-20-17-14-11-8-5-2/h7,10,16,19,21,24-25,28,30,33-34,46,72H,4-6,8-9,11-15,17-18,20,22-23,26-27,29,31-32,35-45,47-71H2,1-3H3/b10-7-,19-16-,24-21-,28-25-,34-33-,46-30-. The van der Waals surface area contributed by atoms with Crippen molar-refractivity contribution in [3.8, 4) is 0 Å². The molecular weight excluding hydrogens is 997 g/mol. The third kappa shape index (κ3) is 67.5. The highest BCUT2D eigenvalue weighted by Gasteiger charge is 2.19. The highest BCUT2D eigenvalue weighted by atomic mass is 16.6. The van der Waals surface area contributed by atoms with Crippen LogP contribution < -0.4 is 0 Å². The lowest BCUT2D eigenvalue weighted by Crippen LogP contribution is -2.30. The molecule has 0 saturated carbocycles. The second-order valence-electron chi connectivity index (χ2n) is 23.8. The maximum absolute atomic E-state index is 12.9. The van der Waals surface area contributed by atoms with Crippen LogP contribution in [0.1, 0.15) is 367 Å². The maximum Gasteiger partial charge on any atom is 0.306 e. The lowest BCUT2D eigenvalue weighted by atomic mass is 10.0. The smallest absolute Gasteiger partial charge is 0.306 e. The Balaban J connectivity index is 4.26. The minimum absolute atomic E-state index is 0.0749. The van der Waals surface area contributed by atoms with Crippen molar-refractivity contribution in [2.24, 2.45) is 0 Å². The maximum atomic E-state index is 12.9. The second-order valence-corrected chi connectivity index (χ2v) is 23.8. The second kappa shape index (κ2) is 69.3. The van der Waals surface area contributed by atoms with Crippen molar-refractivity contribution < 1.29 is 28.6 Å². The number of hydrogen-bond acceptors (Lipinski definition) is 6. The molecule has 0 N–H and O–H groups in total. The Bertz CT molecular complexity index is 1490. The Labute approximate surface area is 503 Å².